The van der Waals surface area contributed by atoms with E-state index < -0.39 is 37.6 Å². The fourth-order valence-corrected chi connectivity index (χ4v) is 0.974. The third-order valence-electron chi connectivity index (χ3n) is 1.66. The summed E-state index contributed by atoms with van der Waals surface area (Å²) < 4.78 is 8.00. The first-order valence-corrected chi connectivity index (χ1v) is 4.24. The molecule has 1 N–H and O–H groups in total. The molecule has 1 rings (SSSR count). The van der Waals surface area contributed by atoms with Crippen molar-refractivity contribution in [1.82, 2.24) is 0 Å². The molecular weight excluding hydrogens is 298 g/mol. The van der Waals surface area contributed by atoms with Crippen molar-refractivity contribution >= 4 is 17.1 Å². The number of non-ortho nitro benzene ring substituents is 1. The van der Waals surface area contributed by atoms with Crippen LogP contribution < -0.4 is 0 Å². The van der Waals surface area contributed by atoms with Gasteiger partial charge in [-0.25, -0.2) is 0 Å². The van der Waals surface area contributed by atoms with Crippen molar-refractivity contribution in [3.8, 4) is 5.75 Å². The Morgan fingerprint density at radius 2 is 1.22 bits per heavy atom. The summed E-state index contributed by atoms with van der Waals surface area (Å²) in [7, 11) is 0. The van der Waals surface area contributed by atoms with Gasteiger partial charge >= 0.3 is 31.2 Å². The first-order chi connectivity index (χ1) is 8.34. The molecule has 1 aromatic carbocycles. The maximum absolute atomic E-state index is 10.4. The van der Waals surface area contributed by atoms with E-state index in [2.05, 4.69) is 0 Å². The van der Waals surface area contributed by atoms with E-state index in [1.165, 1.54) is 0 Å². The average molecular weight is 301 g/mol. The van der Waals surface area contributed by atoms with E-state index in [0.29, 0.717) is 12.1 Å². The van der Waals surface area contributed by atoms with Gasteiger partial charge in [-0.05, 0) is 0 Å². The molecule has 0 aliphatic rings. The Morgan fingerprint density at radius 1 is 0.889 bits per heavy atom. The monoisotopic (exact) mass is 301 g/mol. The van der Waals surface area contributed by atoms with E-state index in [-0.39, 0.29) is 0 Å². The van der Waals surface area contributed by atoms with Crippen LogP contribution in [-0.2, 0) is 19.8 Å². The molecule has 0 heterocycles. The quantitative estimate of drug-likeness (QED) is 0.489. The predicted octanol–water partition coefficient (Wildman–Crippen LogP) is 0.995. The second-order valence-corrected chi connectivity index (χ2v) is 2.60. The van der Waals surface area contributed by atoms with Gasteiger partial charge in [0, 0.05) is 0 Å². The molecule has 0 saturated carbocycles. The number of hydrogen-bond acceptors (Lipinski definition) is 8. The van der Waals surface area contributed by atoms with Gasteiger partial charge in [-0.3, -0.25) is 30.3 Å². The van der Waals surface area contributed by atoms with E-state index in [1.807, 2.05) is 15.9 Å². The number of phenols is 1. The molecule has 0 spiro atoms. The molecule has 12 heteroatoms. The van der Waals surface area contributed by atoms with E-state index in [1.54, 1.807) is 0 Å². The number of aromatic hydroxyl groups is 1. The van der Waals surface area contributed by atoms with Crippen LogP contribution in [0, 0.1) is 30.3 Å². The normalized spacial score (nSPS) is 8.94. The minimum atomic E-state index is -1.21. The topological polar surface area (TPSA) is 167 Å². The standard InChI is InChI=1S/C6H3N3O7.Fe.O/c10-6-4(8(13)14)1-3(7(11)12)2-5(6)9(15)16;;/h1-2,10H;;. The van der Waals surface area contributed by atoms with Gasteiger partial charge < -0.3 is 5.11 Å². The van der Waals surface area contributed by atoms with Crippen LogP contribution in [0.4, 0.5) is 17.1 Å². The van der Waals surface area contributed by atoms with E-state index >= 15 is 0 Å². The summed E-state index contributed by atoms with van der Waals surface area (Å²) in [5.41, 5.74) is -3.00. The maximum atomic E-state index is 10.4. The van der Waals surface area contributed by atoms with Crippen molar-refractivity contribution < 1.29 is 39.7 Å². The van der Waals surface area contributed by atoms with Crippen molar-refractivity contribution in [2.45, 2.75) is 0 Å². The van der Waals surface area contributed by atoms with E-state index in [9.17, 15) is 30.3 Å². The summed E-state index contributed by atoms with van der Waals surface area (Å²) in [5, 5.41) is 40.2. The number of nitro groups is 3. The van der Waals surface area contributed by atoms with Gasteiger partial charge in [0.05, 0.1) is 26.9 Å². The number of rotatable bonds is 3. The van der Waals surface area contributed by atoms with Gasteiger partial charge in [-0.2, -0.15) is 0 Å². The first kappa shape index (κ1) is 15.5. The van der Waals surface area contributed by atoms with Crippen molar-refractivity contribution in [1.29, 1.82) is 0 Å². The van der Waals surface area contributed by atoms with Gasteiger partial charge in [0.1, 0.15) is 0 Å². The molecule has 1 aromatic rings. The molecule has 0 aliphatic heterocycles. The average Bonchev–Trinajstić information content (AvgIpc) is 2.30. The van der Waals surface area contributed by atoms with Gasteiger partial charge in [-0.1, -0.05) is 0 Å². The molecule has 0 saturated heterocycles. The van der Waals surface area contributed by atoms with Crippen LogP contribution >= 0.6 is 0 Å². The number of benzene rings is 1. The fourth-order valence-electron chi connectivity index (χ4n) is 0.974. The van der Waals surface area contributed by atoms with Gasteiger partial charge in [0.2, 0.25) is 0 Å². The molecule has 0 aromatic heterocycles. The van der Waals surface area contributed by atoms with Crippen LogP contribution in [0.3, 0.4) is 0 Å². The number of hydrogen-bond donors (Lipinski definition) is 1. The second kappa shape index (κ2) is 6.32. The Kier molecular flexibility index (Phi) is 5.45. The van der Waals surface area contributed by atoms with Crippen molar-refractivity contribution in [2.24, 2.45) is 0 Å². The molecule has 0 radical (unpaired) electrons. The number of nitro benzene ring substituents is 3. The molecule has 0 amide bonds. The molecule has 0 bridgehead atoms. The summed E-state index contributed by atoms with van der Waals surface area (Å²) in [6, 6.07) is 0.894. The first-order valence-electron chi connectivity index (χ1n) is 3.79. The summed E-state index contributed by atoms with van der Waals surface area (Å²) in [6.45, 7) is 0. The Hall–Kier alpha value is -2.46. The molecular formula is C6H3FeN3O8. The number of phenolic OH excluding ortho intramolecular Hbond substituents is 1. The molecule has 0 unspecified atom stereocenters. The second-order valence-electron chi connectivity index (χ2n) is 2.60. The summed E-state index contributed by atoms with van der Waals surface area (Å²) >= 11 is 2.00. The molecule has 18 heavy (non-hydrogen) atoms. The zero-order chi connectivity index (χ0) is 14.5. The van der Waals surface area contributed by atoms with Gasteiger partial charge in [0.25, 0.3) is 11.4 Å². The molecule has 0 atom stereocenters. The third kappa shape index (κ3) is 3.26. The Labute approximate surface area is 105 Å². The zero-order valence-corrected chi connectivity index (χ0v) is 9.26. The molecule has 0 aliphatic carbocycles. The van der Waals surface area contributed by atoms with Crippen LogP contribution in [0.5, 0.6) is 5.75 Å². The molecule has 98 valence electrons. The third-order valence-corrected chi connectivity index (χ3v) is 1.66. The Bertz CT molecular complexity index is 483. The van der Waals surface area contributed by atoms with E-state index in [4.69, 9.17) is 8.94 Å². The molecule has 0 fully saturated rings. The van der Waals surface area contributed by atoms with Gasteiger partial charge in [-0.15, -0.1) is 0 Å². The van der Waals surface area contributed by atoms with Crippen LogP contribution in [0.1, 0.15) is 0 Å². The van der Waals surface area contributed by atoms with Crippen molar-refractivity contribution in [3.63, 3.8) is 0 Å². The Morgan fingerprint density at radius 3 is 1.44 bits per heavy atom. The SMILES string of the molecule is O=[N+]([O-])c1cc([N+](=O)[O-])c(O)c([N+](=O)[O-])c1.[O]=[Fe]. The minimum absolute atomic E-state index is 0.447. The van der Waals surface area contributed by atoms with Crippen LogP contribution in [0.15, 0.2) is 12.1 Å². The van der Waals surface area contributed by atoms with Crippen LogP contribution in [0.2, 0.25) is 0 Å². The fraction of sp³-hybridized carbons (Fsp3) is 0. The van der Waals surface area contributed by atoms with Crippen LogP contribution in [-0.4, -0.2) is 19.9 Å². The van der Waals surface area contributed by atoms with Gasteiger partial charge in [0.15, 0.2) is 0 Å². The summed E-state index contributed by atoms with van der Waals surface area (Å²) in [6.07, 6.45) is 0. The van der Waals surface area contributed by atoms with E-state index in [0.717, 1.165) is 0 Å². The summed E-state index contributed by atoms with van der Waals surface area (Å²) in [4.78, 5) is 27.8. The Balaban J connectivity index is 0.00000137. The number of nitrogens with zero attached hydrogens (tertiary/aromatic N) is 3. The zero-order valence-electron chi connectivity index (χ0n) is 8.15. The predicted molar refractivity (Wildman–Crippen MR) is 48.8 cm³/mol. The van der Waals surface area contributed by atoms with Crippen LogP contribution in [0.25, 0.3) is 0 Å². The molecule has 11 nitrogen and oxygen atoms in total. The van der Waals surface area contributed by atoms with Crippen molar-refractivity contribution in [2.75, 3.05) is 0 Å². The summed E-state index contributed by atoms with van der Waals surface area (Å²) in [5.74, 6) is -1.21. The van der Waals surface area contributed by atoms with Crippen molar-refractivity contribution in [3.05, 3.63) is 42.5 Å².